The topological polar surface area (TPSA) is 95.6 Å². The molecule has 2 N–H and O–H groups in total. The summed E-state index contributed by atoms with van der Waals surface area (Å²) in [4.78, 5) is 15.6. The highest BCUT2D eigenvalue weighted by atomic mass is 35.5. The molecule has 152 valence electrons. The molecule has 1 aromatic carbocycles. The molecule has 3 aromatic rings. The van der Waals surface area contributed by atoms with Crippen molar-refractivity contribution in [1.82, 2.24) is 15.0 Å². The van der Waals surface area contributed by atoms with Gasteiger partial charge in [-0.15, -0.1) is 0 Å². The number of rotatable bonds is 5. The Labute approximate surface area is 177 Å². The van der Waals surface area contributed by atoms with Gasteiger partial charge in [0.25, 0.3) is 0 Å². The maximum Gasteiger partial charge on any atom is 0.165 e. The summed E-state index contributed by atoms with van der Waals surface area (Å²) >= 11 is 13.1. The summed E-state index contributed by atoms with van der Waals surface area (Å²) in [5, 5.41) is 1.38. The lowest BCUT2D eigenvalue weighted by Crippen LogP contribution is -2.52. The molecular weight excluding hydrogens is 417 g/mol. The first-order valence-corrected chi connectivity index (χ1v) is 9.53. The summed E-state index contributed by atoms with van der Waals surface area (Å²) in [6.45, 7) is 1.40. The van der Waals surface area contributed by atoms with Gasteiger partial charge in [0, 0.05) is 31.7 Å². The molecule has 1 aliphatic rings. The lowest BCUT2D eigenvalue weighted by atomic mass is 10.1. The van der Waals surface area contributed by atoms with Gasteiger partial charge in [0.1, 0.15) is 23.1 Å². The van der Waals surface area contributed by atoms with Crippen LogP contribution >= 0.6 is 23.2 Å². The molecule has 0 saturated carbocycles. The van der Waals surface area contributed by atoms with E-state index in [0.29, 0.717) is 63.2 Å². The molecule has 0 amide bonds. The largest absolute Gasteiger partial charge is 0.495 e. The maximum absolute atomic E-state index is 6.57. The standard InChI is InChI=1S/C19H19Cl2N5O3/c1-27-9-7-26(8-9)19-10-4-14(22)23-6-11(10)24-18(25-19)15-16(20)12(28-2)5-13(29-3)17(15)21/h4-6,9H,7-8H2,1-3H3,(H2,22,23). The molecule has 0 radical (unpaired) electrons. The molecule has 10 heteroatoms. The van der Waals surface area contributed by atoms with Crippen LogP contribution in [0, 0.1) is 0 Å². The van der Waals surface area contributed by atoms with E-state index in [2.05, 4.69) is 14.9 Å². The minimum absolute atomic E-state index is 0.145. The van der Waals surface area contributed by atoms with Gasteiger partial charge in [-0.05, 0) is 6.07 Å². The van der Waals surface area contributed by atoms with E-state index in [1.807, 2.05) is 0 Å². The van der Waals surface area contributed by atoms with Crippen LogP contribution in [0.15, 0.2) is 18.3 Å². The van der Waals surface area contributed by atoms with Gasteiger partial charge in [-0.2, -0.15) is 0 Å². The predicted molar refractivity (Wildman–Crippen MR) is 113 cm³/mol. The Morgan fingerprint density at radius 1 is 1.03 bits per heavy atom. The van der Waals surface area contributed by atoms with Crippen molar-refractivity contribution in [2.24, 2.45) is 0 Å². The average Bonchev–Trinajstić information content (AvgIpc) is 2.68. The molecular formula is C19H19Cl2N5O3. The van der Waals surface area contributed by atoms with Crippen molar-refractivity contribution in [1.29, 1.82) is 0 Å². The molecule has 8 nitrogen and oxygen atoms in total. The number of methoxy groups -OCH3 is 3. The number of aromatic nitrogens is 3. The fourth-order valence-electron chi connectivity index (χ4n) is 3.23. The van der Waals surface area contributed by atoms with E-state index >= 15 is 0 Å². The third-order valence-electron chi connectivity index (χ3n) is 4.86. The lowest BCUT2D eigenvalue weighted by molar-refractivity contribution is 0.0785. The third kappa shape index (κ3) is 3.37. The molecule has 0 spiro atoms. The minimum atomic E-state index is 0.145. The Hall–Kier alpha value is -2.55. The summed E-state index contributed by atoms with van der Waals surface area (Å²) in [7, 11) is 4.72. The van der Waals surface area contributed by atoms with Gasteiger partial charge in [-0.3, -0.25) is 0 Å². The Balaban J connectivity index is 1.95. The van der Waals surface area contributed by atoms with E-state index in [9.17, 15) is 0 Å². The minimum Gasteiger partial charge on any atom is -0.495 e. The van der Waals surface area contributed by atoms with Crippen LogP contribution in [0.4, 0.5) is 11.6 Å². The van der Waals surface area contributed by atoms with Gasteiger partial charge in [0.05, 0.1) is 47.6 Å². The number of nitrogens with zero attached hydrogens (tertiary/aromatic N) is 4. The van der Waals surface area contributed by atoms with E-state index in [1.165, 1.54) is 14.2 Å². The maximum atomic E-state index is 6.57. The summed E-state index contributed by atoms with van der Waals surface area (Å²) in [6.07, 6.45) is 1.75. The molecule has 2 aromatic heterocycles. The highest BCUT2D eigenvalue weighted by Crippen LogP contribution is 2.45. The van der Waals surface area contributed by atoms with Crippen LogP contribution in [-0.2, 0) is 4.74 Å². The number of hydrogen-bond acceptors (Lipinski definition) is 8. The van der Waals surface area contributed by atoms with Gasteiger partial charge in [-0.1, -0.05) is 23.2 Å². The van der Waals surface area contributed by atoms with Crippen molar-refractivity contribution < 1.29 is 14.2 Å². The second kappa shape index (κ2) is 7.70. The van der Waals surface area contributed by atoms with Crippen LogP contribution in [-0.4, -0.2) is 55.5 Å². The van der Waals surface area contributed by atoms with Gasteiger partial charge in [-0.25, -0.2) is 15.0 Å². The first kappa shape index (κ1) is 19.8. The summed E-state index contributed by atoms with van der Waals surface area (Å²) in [5.74, 6) is 2.26. The van der Waals surface area contributed by atoms with Gasteiger partial charge >= 0.3 is 0 Å². The number of anilines is 2. The summed E-state index contributed by atoms with van der Waals surface area (Å²) in [5.41, 5.74) is 6.94. The van der Waals surface area contributed by atoms with Gasteiger partial charge < -0.3 is 24.8 Å². The molecule has 29 heavy (non-hydrogen) atoms. The third-order valence-corrected chi connectivity index (χ3v) is 5.61. The van der Waals surface area contributed by atoms with Gasteiger partial charge in [0.2, 0.25) is 0 Å². The van der Waals surface area contributed by atoms with E-state index in [-0.39, 0.29) is 6.10 Å². The van der Waals surface area contributed by atoms with Crippen molar-refractivity contribution in [3.63, 3.8) is 0 Å². The quantitative estimate of drug-likeness (QED) is 0.650. The molecule has 1 saturated heterocycles. The fourth-order valence-corrected chi connectivity index (χ4v) is 3.90. The second-order valence-electron chi connectivity index (χ2n) is 6.54. The molecule has 0 unspecified atom stereocenters. The van der Waals surface area contributed by atoms with Crippen molar-refractivity contribution in [2.75, 3.05) is 45.1 Å². The molecule has 0 bridgehead atoms. The number of hydrogen-bond donors (Lipinski definition) is 1. The average molecular weight is 436 g/mol. The molecule has 4 rings (SSSR count). The van der Waals surface area contributed by atoms with Gasteiger partial charge in [0.15, 0.2) is 5.82 Å². The summed E-state index contributed by atoms with van der Waals surface area (Å²) in [6, 6.07) is 3.38. The number of ether oxygens (including phenoxy) is 3. The first-order valence-electron chi connectivity index (χ1n) is 8.78. The number of pyridine rings is 1. The Morgan fingerprint density at radius 2 is 1.69 bits per heavy atom. The van der Waals surface area contributed by atoms with Crippen LogP contribution in [0.2, 0.25) is 10.0 Å². The Morgan fingerprint density at radius 3 is 2.28 bits per heavy atom. The zero-order valence-electron chi connectivity index (χ0n) is 16.1. The molecule has 1 aliphatic heterocycles. The van der Waals surface area contributed by atoms with Crippen molar-refractivity contribution in [2.45, 2.75) is 6.10 Å². The molecule has 0 aliphatic carbocycles. The number of fused-ring (bicyclic) bond motifs is 1. The zero-order valence-corrected chi connectivity index (χ0v) is 17.6. The zero-order chi connectivity index (χ0) is 20.7. The SMILES string of the molecule is COc1cc(OC)c(Cl)c(-c2nc(N3CC(OC)C3)c3cc(N)ncc3n2)c1Cl. The van der Waals surface area contributed by atoms with Crippen LogP contribution < -0.4 is 20.1 Å². The molecule has 3 heterocycles. The van der Waals surface area contributed by atoms with E-state index < -0.39 is 0 Å². The molecule has 1 fully saturated rings. The van der Waals surface area contributed by atoms with E-state index in [0.717, 1.165) is 5.39 Å². The highest BCUT2D eigenvalue weighted by Gasteiger charge is 2.30. The fraction of sp³-hybridized carbons (Fsp3) is 0.316. The normalized spacial score (nSPS) is 14.2. The van der Waals surface area contributed by atoms with Crippen molar-refractivity contribution in [3.05, 3.63) is 28.4 Å². The van der Waals surface area contributed by atoms with Crippen LogP contribution in [0.5, 0.6) is 11.5 Å². The number of nitrogens with two attached hydrogens (primary N) is 1. The van der Waals surface area contributed by atoms with Crippen LogP contribution in [0.1, 0.15) is 0 Å². The van der Waals surface area contributed by atoms with E-state index in [1.54, 1.807) is 25.4 Å². The number of halogens is 2. The second-order valence-corrected chi connectivity index (χ2v) is 7.30. The number of benzene rings is 1. The van der Waals surface area contributed by atoms with Crippen LogP contribution in [0.3, 0.4) is 0 Å². The van der Waals surface area contributed by atoms with Crippen molar-refractivity contribution in [3.8, 4) is 22.9 Å². The van der Waals surface area contributed by atoms with Crippen molar-refractivity contribution >= 4 is 45.7 Å². The van der Waals surface area contributed by atoms with Crippen LogP contribution in [0.25, 0.3) is 22.3 Å². The monoisotopic (exact) mass is 435 g/mol. The summed E-state index contributed by atoms with van der Waals surface area (Å²) < 4.78 is 16.1. The smallest absolute Gasteiger partial charge is 0.165 e. The number of nitrogen functional groups attached to an aromatic ring is 1. The molecule has 0 atom stereocenters. The predicted octanol–water partition coefficient (Wildman–Crippen LogP) is 3.43. The lowest BCUT2D eigenvalue weighted by Gasteiger charge is -2.39. The Bertz CT molecular complexity index is 1060. The van der Waals surface area contributed by atoms with E-state index in [4.69, 9.17) is 48.1 Å². The first-order chi connectivity index (χ1) is 14.0. The highest BCUT2D eigenvalue weighted by molar-refractivity contribution is 6.41. The Kier molecular flexibility index (Phi) is 5.24.